The van der Waals surface area contributed by atoms with Crippen molar-refractivity contribution in [2.75, 3.05) is 0 Å². The van der Waals surface area contributed by atoms with Crippen molar-refractivity contribution >= 4 is 11.6 Å². The second kappa shape index (κ2) is 3.82. The van der Waals surface area contributed by atoms with Gasteiger partial charge in [-0.25, -0.2) is 0 Å². The average Bonchev–Trinajstić information content (AvgIpc) is 3.28. The topological polar surface area (TPSA) is 30.7 Å². The number of hydrogen-bond acceptors (Lipinski definition) is 2. The van der Waals surface area contributed by atoms with Crippen LogP contribution in [0.4, 0.5) is 0 Å². The van der Waals surface area contributed by atoms with Crippen molar-refractivity contribution in [1.82, 2.24) is 14.8 Å². The number of benzene rings is 1. The van der Waals surface area contributed by atoms with Crippen LogP contribution in [0.15, 0.2) is 24.5 Å². The molecule has 92 valence electrons. The van der Waals surface area contributed by atoms with Crippen LogP contribution in [-0.2, 0) is 0 Å². The first kappa shape index (κ1) is 10.6. The van der Waals surface area contributed by atoms with E-state index in [4.69, 9.17) is 11.6 Å². The molecule has 2 aromatic rings. The maximum absolute atomic E-state index is 6.41. The monoisotopic (exact) mass is 259 g/mol. The van der Waals surface area contributed by atoms with Crippen LogP contribution < -0.4 is 0 Å². The van der Waals surface area contributed by atoms with E-state index in [0.717, 1.165) is 22.5 Å². The molecule has 0 spiro atoms. The Kier molecular flexibility index (Phi) is 2.24. The average molecular weight is 260 g/mol. The van der Waals surface area contributed by atoms with Crippen LogP contribution in [-0.4, -0.2) is 14.8 Å². The molecule has 2 aliphatic carbocycles. The van der Waals surface area contributed by atoms with Crippen molar-refractivity contribution in [2.24, 2.45) is 0 Å². The van der Waals surface area contributed by atoms with Crippen molar-refractivity contribution in [1.29, 1.82) is 0 Å². The lowest BCUT2D eigenvalue weighted by Gasteiger charge is -2.09. The van der Waals surface area contributed by atoms with E-state index in [9.17, 15) is 0 Å². The first-order valence-corrected chi connectivity index (χ1v) is 6.90. The Morgan fingerprint density at radius 3 is 2.56 bits per heavy atom. The lowest BCUT2D eigenvalue weighted by atomic mass is 10.1. The molecule has 0 N–H and O–H groups in total. The van der Waals surface area contributed by atoms with Crippen molar-refractivity contribution in [3.8, 4) is 5.69 Å². The van der Waals surface area contributed by atoms with Gasteiger partial charge in [-0.15, -0.1) is 10.2 Å². The zero-order chi connectivity index (χ0) is 12.1. The molecule has 2 aliphatic rings. The summed E-state index contributed by atoms with van der Waals surface area (Å²) in [6, 6.07) is 6.39. The summed E-state index contributed by atoms with van der Waals surface area (Å²) in [5.74, 6) is 2.36. The minimum absolute atomic E-state index is 0.576. The lowest BCUT2D eigenvalue weighted by molar-refractivity contribution is 0.871. The predicted octanol–water partition coefficient (Wildman–Crippen LogP) is 3.68. The number of hydrogen-bond donors (Lipinski definition) is 0. The van der Waals surface area contributed by atoms with Gasteiger partial charge in [0.25, 0.3) is 0 Å². The highest BCUT2D eigenvalue weighted by atomic mass is 35.5. The zero-order valence-corrected chi connectivity index (χ0v) is 10.8. The van der Waals surface area contributed by atoms with E-state index in [1.165, 1.54) is 31.2 Å². The molecule has 0 amide bonds. The van der Waals surface area contributed by atoms with E-state index in [1.54, 1.807) is 6.33 Å². The van der Waals surface area contributed by atoms with Crippen LogP contribution in [0.25, 0.3) is 5.69 Å². The second-order valence-corrected chi connectivity index (χ2v) is 5.73. The van der Waals surface area contributed by atoms with Gasteiger partial charge in [-0.1, -0.05) is 17.7 Å². The molecule has 3 nitrogen and oxygen atoms in total. The molecule has 0 saturated heterocycles. The zero-order valence-electron chi connectivity index (χ0n) is 10.0. The number of nitrogens with zero attached hydrogens (tertiary/aromatic N) is 3. The molecule has 2 saturated carbocycles. The molecule has 0 aliphatic heterocycles. The molecule has 1 heterocycles. The number of aromatic nitrogens is 3. The molecular weight excluding hydrogens is 246 g/mol. The normalized spacial score (nSPS) is 19.2. The Balaban J connectivity index is 1.76. The molecule has 18 heavy (non-hydrogen) atoms. The van der Waals surface area contributed by atoms with E-state index in [2.05, 4.69) is 28.4 Å². The lowest BCUT2D eigenvalue weighted by Crippen LogP contribution is -2.00. The van der Waals surface area contributed by atoms with Gasteiger partial charge in [0, 0.05) is 5.92 Å². The van der Waals surface area contributed by atoms with Crippen LogP contribution in [0.1, 0.15) is 48.9 Å². The minimum Gasteiger partial charge on any atom is -0.284 e. The fourth-order valence-corrected chi connectivity index (χ4v) is 2.72. The van der Waals surface area contributed by atoms with Gasteiger partial charge in [-0.3, -0.25) is 4.57 Å². The first-order chi connectivity index (χ1) is 8.83. The predicted molar refractivity (Wildman–Crippen MR) is 70.3 cm³/mol. The highest BCUT2D eigenvalue weighted by Gasteiger charge is 2.30. The smallest absolute Gasteiger partial charge is 0.140 e. The Hall–Kier alpha value is -1.35. The van der Waals surface area contributed by atoms with Crippen molar-refractivity contribution in [2.45, 2.75) is 37.5 Å². The van der Waals surface area contributed by atoms with Crippen LogP contribution in [0, 0.1) is 0 Å². The van der Waals surface area contributed by atoms with Gasteiger partial charge in [0.05, 0.1) is 10.7 Å². The molecule has 1 aromatic heterocycles. The molecule has 4 heteroatoms. The first-order valence-electron chi connectivity index (χ1n) is 6.52. The fraction of sp³-hybridized carbons (Fsp3) is 0.429. The van der Waals surface area contributed by atoms with Crippen molar-refractivity contribution < 1.29 is 0 Å². The van der Waals surface area contributed by atoms with Gasteiger partial charge >= 0.3 is 0 Å². The summed E-state index contributed by atoms with van der Waals surface area (Å²) in [6.45, 7) is 0. The quantitative estimate of drug-likeness (QED) is 0.842. The van der Waals surface area contributed by atoms with E-state index in [-0.39, 0.29) is 0 Å². The van der Waals surface area contributed by atoms with Gasteiger partial charge in [0.15, 0.2) is 0 Å². The molecule has 1 aromatic carbocycles. The maximum Gasteiger partial charge on any atom is 0.140 e. The van der Waals surface area contributed by atoms with Crippen molar-refractivity contribution in [3.05, 3.63) is 40.9 Å². The Morgan fingerprint density at radius 2 is 1.89 bits per heavy atom. The molecule has 0 unspecified atom stereocenters. The third-order valence-corrected chi connectivity index (χ3v) is 4.10. The summed E-state index contributed by atoms with van der Waals surface area (Å²) in [5, 5.41) is 9.05. The van der Waals surface area contributed by atoms with E-state index in [0.29, 0.717) is 5.92 Å². The summed E-state index contributed by atoms with van der Waals surface area (Å²) < 4.78 is 2.04. The standard InChI is InChI=1S/C14H14ClN3/c15-12-7-11(9-1-2-9)5-6-13(12)18-8-16-17-14(18)10-3-4-10/h5-10H,1-4H2. The number of halogens is 1. The van der Waals surface area contributed by atoms with Gasteiger partial charge in [-0.05, 0) is 49.3 Å². The van der Waals surface area contributed by atoms with E-state index in [1.807, 2.05) is 4.57 Å². The summed E-state index contributed by atoms with van der Waals surface area (Å²) in [4.78, 5) is 0. The molecular formula is C14H14ClN3. The summed E-state index contributed by atoms with van der Waals surface area (Å²) in [5.41, 5.74) is 2.37. The molecule has 0 radical (unpaired) electrons. The third kappa shape index (κ3) is 1.74. The van der Waals surface area contributed by atoms with E-state index >= 15 is 0 Å². The van der Waals surface area contributed by atoms with Crippen LogP contribution in [0.2, 0.25) is 5.02 Å². The fourth-order valence-electron chi connectivity index (χ4n) is 2.44. The minimum atomic E-state index is 0.576. The van der Waals surface area contributed by atoms with Gasteiger partial charge < -0.3 is 0 Å². The largest absolute Gasteiger partial charge is 0.284 e. The van der Waals surface area contributed by atoms with Crippen LogP contribution in [0.5, 0.6) is 0 Å². The van der Waals surface area contributed by atoms with Crippen molar-refractivity contribution in [3.63, 3.8) is 0 Å². The summed E-state index contributed by atoms with van der Waals surface area (Å²) in [6.07, 6.45) is 6.81. The highest BCUT2D eigenvalue weighted by Crippen LogP contribution is 2.43. The Morgan fingerprint density at radius 1 is 1.11 bits per heavy atom. The molecule has 0 bridgehead atoms. The Labute approximate surface area is 111 Å². The summed E-state index contributed by atoms with van der Waals surface area (Å²) in [7, 11) is 0. The highest BCUT2D eigenvalue weighted by molar-refractivity contribution is 6.32. The van der Waals surface area contributed by atoms with E-state index < -0.39 is 0 Å². The Bertz CT molecular complexity index is 597. The maximum atomic E-state index is 6.41. The molecule has 2 fully saturated rings. The molecule has 0 atom stereocenters. The van der Waals surface area contributed by atoms with Gasteiger partial charge in [-0.2, -0.15) is 0 Å². The van der Waals surface area contributed by atoms with Gasteiger partial charge in [0.2, 0.25) is 0 Å². The third-order valence-electron chi connectivity index (χ3n) is 3.80. The summed E-state index contributed by atoms with van der Waals surface area (Å²) >= 11 is 6.41. The number of rotatable bonds is 3. The van der Waals surface area contributed by atoms with Gasteiger partial charge in [0.1, 0.15) is 12.2 Å². The SMILES string of the molecule is Clc1cc(C2CC2)ccc1-n1cnnc1C1CC1. The van der Waals surface area contributed by atoms with Crippen LogP contribution in [0.3, 0.4) is 0 Å². The molecule has 4 rings (SSSR count). The van der Waals surface area contributed by atoms with Crippen LogP contribution >= 0.6 is 11.6 Å². The second-order valence-electron chi connectivity index (χ2n) is 5.32.